The zero-order valence-corrected chi connectivity index (χ0v) is 12.0. The smallest absolute Gasteiger partial charge is 0.256 e. The number of oxazole rings is 1. The van der Waals surface area contributed by atoms with E-state index in [1.54, 1.807) is 25.3 Å². The molecule has 1 aromatic heterocycles. The van der Waals surface area contributed by atoms with E-state index in [2.05, 4.69) is 10.3 Å². The summed E-state index contributed by atoms with van der Waals surface area (Å²) in [6, 6.07) is 5.97. The normalized spacial score (nSPS) is 12.2. The van der Waals surface area contributed by atoms with Crippen LogP contribution in [-0.2, 0) is 4.79 Å². The number of rotatable bonds is 5. The number of carbonyl (C=O) groups is 1. The lowest BCUT2D eigenvalue weighted by atomic mass is 10.2. The maximum atomic E-state index is 12.8. The van der Waals surface area contributed by atoms with Crippen molar-refractivity contribution < 1.29 is 13.6 Å². The number of nitrogens with one attached hydrogen (secondary N) is 1. The topological polar surface area (TPSA) is 55.1 Å². The molecule has 0 saturated carbocycles. The van der Waals surface area contributed by atoms with Crippen LogP contribution in [-0.4, -0.2) is 22.7 Å². The van der Waals surface area contributed by atoms with E-state index >= 15 is 0 Å². The third kappa shape index (κ3) is 3.60. The summed E-state index contributed by atoms with van der Waals surface area (Å²) in [5.41, 5.74) is 0.747. The third-order valence-corrected chi connectivity index (χ3v) is 3.57. The van der Waals surface area contributed by atoms with Gasteiger partial charge in [0, 0.05) is 12.1 Å². The highest BCUT2D eigenvalue weighted by Crippen LogP contribution is 2.28. The van der Waals surface area contributed by atoms with Crippen LogP contribution in [0.3, 0.4) is 0 Å². The van der Waals surface area contributed by atoms with Crippen molar-refractivity contribution in [3.05, 3.63) is 36.3 Å². The van der Waals surface area contributed by atoms with E-state index in [1.165, 1.54) is 23.9 Å². The molecule has 1 atom stereocenters. The molecule has 0 unspecified atom stereocenters. The summed E-state index contributed by atoms with van der Waals surface area (Å²) >= 11 is 1.25. The highest BCUT2D eigenvalue weighted by atomic mass is 32.2. The molecule has 1 N–H and O–H groups in total. The van der Waals surface area contributed by atoms with Crippen LogP contribution in [0, 0.1) is 5.82 Å². The molecule has 20 heavy (non-hydrogen) atoms. The standard InChI is InChI=1S/C14H15FN2O2S/c1-3-16-13(18)9(2)20-14-17-8-12(19-14)10-4-6-11(15)7-5-10/h4-9H,3H2,1-2H3,(H,16,18)/t9-/m1/s1. The summed E-state index contributed by atoms with van der Waals surface area (Å²) in [7, 11) is 0. The quantitative estimate of drug-likeness (QED) is 0.861. The first-order valence-corrected chi connectivity index (χ1v) is 7.14. The van der Waals surface area contributed by atoms with Crippen LogP contribution >= 0.6 is 11.8 Å². The number of benzene rings is 1. The van der Waals surface area contributed by atoms with E-state index < -0.39 is 0 Å². The number of amides is 1. The average molecular weight is 294 g/mol. The Labute approximate surface area is 120 Å². The largest absolute Gasteiger partial charge is 0.431 e. The van der Waals surface area contributed by atoms with Gasteiger partial charge in [-0.2, -0.15) is 0 Å². The van der Waals surface area contributed by atoms with E-state index in [-0.39, 0.29) is 17.0 Å². The summed E-state index contributed by atoms with van der Waals surface area (Å²) < 4.78 is 18.4. The van der Waals surface area contributed by atoms with Crippen LogP contribution in [0.4, 0.5) is 4.39 Å². The predicted octanol–water partition coefficient (Wildman–Crippen LogP) is 3.10. The lowest BCUT2D eigenvalue weighted by Crippen LogP contribution is -2.30. The Bertz CT molecular complexity index is 583. The average Bonchev–Trinajstić information content (AvgIpc) is 2.88. The summed E-state index contributed by atoms with van der Waals surface area (Å²) in [6.45, 7) is 4.25. The Morgan fingerprint density at radius 3 is 2.80 bits per heavy atom. The molecule has 2 rings (SSSR count). The van der Waals surface area contributed by atoms with E-state index in [9.17, 15) is 9.18 Å². The molecule has 106 valence electrons. The van der Waals surface area contributed by atoms with Crippen LogP contribution in [0.1, 0.15) is 13.8 Å². The molecule has 0 saturated heterocycles. The van der Waals surface area contributed by atoms with E-state index in [0.29, 0.717) is 17.5 Å². The third-order valence-electron chi connectivity index (χ3n) is 2.61. The SMILES string of the molecule is CCNC(=O)[C@@H](C)Sc1ncc(-c2ccc(F)cc2)o1. The fourth-order valence-electron chi connectivity index (χ4n) is 1.58. The first-order chi connectivity index (χ1) is 9.60. The van der Waals surface area contributed by atoms with Gasteiger partial charge < -0.3 is 9.73 Å². The van der Waals surface area contributed by atoms with Gasteiger partial charge in [-0.25, -0.2) is 9.37 Å². The minimum absolute atomic E-state index is 0.0565. The minimum Gasteiger partial charge on any atom is -0.431 e. The van der Waals surface area contributed by atoms with E-state index in [4.69, 9.17) is 4.42 Å². The van der Waals surface area contributed by atoms with Gasteiger partial charge in [0.15, 0.2) is 5.76 Å². The van der Waals surface area contributed by atoms with Gasteiger partial charge in [0.1, 0.15) is 5.82 Å². The second-order valence-corrected chi connectivity index (χ2v) is 5.44. The van der Waals surface area contributed by atoms with Crippen molar-refractivity contribution in [1.29, 1.82) is 0 Å². The van der Waals surface area contributed by atoms with Crippen molar-refractivity contribution in [2.45, 2.75) is 24.3 Å². The lowest BCUT2D eigenvalue weighted by molar-refractivity contribution is -0.120. The van der Waals surface area contributed by atoms with Gasteiger partial charge in [-0.15, -0.1) is 0 Å². The van der Waals surface area contributed by atoms with Gasteiger partial charge in [0.05, 0.1) is 11.4 Å². The van der Waals surface area contributed by atoms with E-state index in [1.807, 2.05) is 6.92 Å². The molecule has 0 aliphatic heterocycles. The maximum Gasteiger partial charge on any atom is 0.256 e. The second-order valence-electron chi connectivity index (χ2n) is 4.15. The number of hydrogen-bond acceptors (Lipinski definition) is 4. The summed E-state index contributed by atoms with van der Waals surface area (Å²) in [5.74, 6) is 0.197. The number of nitrogens with zero attached hydrogens (tertiary/aromatic N) is 1. The van der Waals surface area contributed by atoms with Crippen LogP contribution in [0.2, 0.25) is 0 Å². The van der Waals surface area contributed by atoms with Crippen molar-refractivity contribution in [1.82, 2.24) is 10.3 Å². The minimum atomic E-state index is -0.298. The Morgan fingerprint density at radius 2 is 2.15 bits per heavy atom. The second kappa shape index (κ2) is 6.56. The maximum absolute atomic E-state index is 12.8. The predicted molar refractivity (Wildman–Crippen MR) is 75.9 cm³/mol. The number of hydrogen-bond donors (Lipinski definition) is 1. The number of aromatic nitrogens is 1. The molecule has 2 aromatic rings. The van der Waals surface area contributed by atoms with Crippen molar-refractivity contribution in [2.75, 3.05) is 6.54 Å². The number of halogens is 1. The molecule has 0 fully saturated rings. The van der Waals surface area contributed by atoms with Crippen LogP contribution < -0.4 is 5.32 Å². The first-order valence-electron chi connectivity index (χ1n) is 6.26. The molecular formula is C14H15FN2O2S. The van der Waals surface area contributed by atoms with Crippen LogP contribution in [0.25, 0.3) is 11.3 Å². The summed E-state index contributed by atoms with van der Waals surface area (Å²) in [4.78, 5) is 15.7. The molecular weight excluding hydrogens is 279 g/mol. The molecule has 4 nitrogen and oxygen atoms in total. The molecule has 0 radical (unpaired) electrons. The van der Waals surface area contributed by atoms with Crippen molar-refractivity contribution in [2.24, 2.45) is 0 Å². The zero-order valence-electron chi connectivity index (χ0n) is 11.2. The van der Waals surface area contributed by atoms with E-state index in [0.717, 1.165) is 5.56 Å². The molecule has 0 bridgehead atoms. The fourth-order valence-corrected chi connectivity index (χ4v) is 2.33. The van der Waals surface area contributed by atoms with Crippen LogP contribution in [0.5, 0.6) is 0 Å². The molecule has 0 spiro atoms. The first kappa shape index (κ1) is 14.6. The van der Waals surface area contributed by atoms with Gasteiger partial charge >= 0.3 is 0 Å². The van der Waals surface area contributed by atoms with Gasteiger partial charge in [-0.3, -0.25) is 4.79 Å². The molecule has 1 heterocycles. The Balaban J connectivity index is 2.05. The Kier molecular flexibility index (Phi) is 4.79. The Hall–Kier alpha value is -1.82. The fraction of sp³-hybridized carbons (Fsp3) is 0.286. The van der Waals surface area contributed by atoms with Gasteiger partial charge in [0.2, 0.25) is 5.91 Å². The van der Waals surface area contributed by atoms with Gasteiger partial charge in [0.25, 0.3) is 5.22 Å². The summed E-state index contributed by atoms with van der Waals surface area (Å²) in [5, 5.41) is 2.88. The molecule has 1 aromatic carbocycles. The van der Waals surface area contributed by atoms with Gasteiger partial charge in [-0.05, 0) is 38.1 Å². The molecule has 6 heteroatoms. The van der Waals surface area contributed by atoms with Crippen LogP contribution in [0.15, 0.2) is 40.1 Å². The zero-order chi connectivity index (χ0) is 14.5. The highest BCUT2D eigenvalue weighted by molar-refractivity contribution is 8.00. The van der Waals surface area contributed by atoms with Crippen molar-refractivity contribution >= 4 is 17.7 Å². The van der Waals surface area contributed by atoms with Crippen molar-refractivity contribution in [3.8, 4) is 11.3 Å². The van der Waals surface area contributed by atoms with Gasteiger partial charge in [-0.1, -0.05) is 11.8 Å². The summed E-state index contributed by atoms with van der Waals surface area (Å²) in [6.07, 6.45) is 1.57. The number of carbonyl (C=O) groups excluding carboxylic acids is 1. The lowest BCUT2D eigenvalue weighted by Gasteiger charge is -2.07. The molecule has 0 aliphatic carbocycles. The number of thioether (sulfide) groups is 1. The molecule has 0 aliphatic rings. The van der Waals surface area contributed by atoms with Crippen molar-refractivity contribution in [3.63, 3.8) is 0 Å². The molecule has 1 amide bonds. The monoisotopic (exact) mass is 294 g/mol. The highest BCUT2D eigenvalue weighted by Gasteiger charge is 2.17. The Morgan fingerprint density at radius 1 is 1.45 bits per heavy atom.